The second-order valence-corrected chi connectivity index (χ2v) is 4.71. The van der Waals surface area contributed by atoms with Gasteiger partial charge in [0.15, 0.2) is 5.69 Å². The van der Waals surface area contributed by atoms with Crippen molar-refractivity contribution in [3.8, 4) is 11.3 Å². The van der Waals surface area contributed by atoms with Gasteiger partial charge in [0.25, 0.3) is 0 Å². The molecule has 0 aliphatic heterocycles. The molecule has 1 aromatic heterocycles. The largest absolute Gasteiger partial charge is 0.476 e. The lowest BCUT2D eigenvalue weighted by atomic mass is 10.0. The zero-order chi connectivity index (χ0) is 16.2. The number of hydrogen-bond donors (Lipinski definition) is 2. The summed E-state index contributed by atoms with van der Waals surface area (Å²) in [6, 6.07) is 7.62. The molecular weight excluding hydrogens is 288 g/mol. The fourth-order valence-corrected chi connectivity index (χ4v) is 2.06. The van der Waals surface area contributed by atoms with Crippen molar-refractivity contribution in [1.82, 2.24) is 4.98 Å². The van der Waals surface area contributed by atoms with Crippen LogP contribution in [0.4, 0.5) is 5.69 Å². The number of carboxylic acid groups (broad SMARTS) is 1. The highest BCUT2D eigenvalue weighted by atomic mass is 35.5. The zero-order valence-electron chi connectivity index (χ0n) is 12.6. The van der Waals surface area contributed by atoms with Crippen molar-refractivity contribution < 1.29 is 9.90 Å². The van der Waals surface area contributed by atoms with Gasteiger partial charge >= 0.3 is 5.97 Å². The molecule has 5 heteroatoms. The number of nitrogens with zero attached hydrogens (tertiary/aromatic N) is 1. The van der Waals surface area contributed by atoms with E-state index in [0.717, 1.165) is 11.1 Å². The van der Waals surface area contributed by atoms with Crippen molar-refractivity contribution in [2.75, 3.05) is 5.73 Å². The Balaban J connectivity index is 0.00000106. The summed E-state index contributed by atoms with van der Waals surface area (Å²) in [5.41, 5.74) is 9.03. The molecule has 21 heavy (non-hydrogen) atoms. The lowest BCUT2D eigenvalue weighted by Gasteiger charge is -2.12. The van der Waals surface area contributed by atoms with E-state index in [-0.39, 0.29) is 16.4 Å². The highest BCUT2D eigenvalue weighted by Crippen LogP contribution is 2.32. The molecule has 0 aliphatic rings. The van der Waals surface area contributed by atoms with E-state index in [0.29, 0.717) is 11.3 Å². The number of rotatable bonds is 2. The fraction of sp³-hybridized carbons (Fsp3) is 0.250. The molecule has 1 heterocycles. The van der Waals surface area contributed by atoms with Gasteiger partial charge in [-0.3, -0.25) is 0 Å². The average Bonchev–Trinajstić information content (AvgIpc) is 2.48. The molecule has 0 aliphatic carbocycles. The quantitative estimate of drug-likeness (QED) is 0.866. The number of anilines is 1. The molecule has 2 aromatic rings. The highest BCUT2D eigenvalue weighted by molar-refractivity contribution is 6.36. The monoisotopic (exact) mass is 306 g/mol. The van der Waals surface area contributed by atoms with Crippen molar-refractivity contribution in [1.29, 1.82) is 0 Å². The van der Waals surface area contributed by atoms with Crippen molar-refractivity contribution in [2.45, 2.75) is 27.7 Å². The number of pyridine rings is 1. The van der Waals surface area contributed by atoms with Crippen LogP contribution < -0.4 is 5.73 Å². The number of carbonyl (C=O) groups is 1. The first-order chi connectivity index (χ1) is 9.91. The van der Waals surface area contributed by atoms with Crippen LogP contribution in [0.5, 0.6) is 0 Å². The summed E-state index contributed by atoms with van der Waals surface area (Å²) in [4.78, 5) is 15.2. The molecule has 0 spiro atoms. The summed E-state index contributed by atoms with van der Waals surface area (Å²) in [6.07, 6.45) is 0. The highest BCUT2D eigenvalue weighted by Gasteiger charge is 2.19. The maximum atomic E-state index is 11.1. The standard InChI is InChI=1S/C14H13ClN2O2.C2H6/c1-7-3-5-9(6-4-7)12-8(2)11(16)10(15)13(17-12)14(18)19;1-2/h3-6H,1-2H3,(H2,16,17)(H,18,19);1-2H3. The maximum Gasteiger partial charge on any atom is 0.356 e. The predicted octanol–water partition coefficient (Wildman–Crippen LogP) is 4.33. The molecule has 112 valence electrons. The van der Waals surface area contributed by atoms with Crippen LogP contribution in [0.2, 0.25) is 5.02 Å². The van der Waals surface area contributed by atoms with Crippen molar-refractivity contribution in [2.24, 2.45) is 0 Å². The van der Waals surface area contributed by atoms with Crippen molar-refractivity contribution in [3.05, 3.63) is 46.1 Å². The first-order valence-corrected chi connectivity index (χ1v) is 7.05. The first-order valence-electron chi connectivity index (χ1n) is 6.67. The number of nitrogens with two attached hydrogens (primary N) is 1. The minimum Gasteiger partial charge on any atom is -0.476 e. The molecule has 0 saturated carbocycles. The summed E-state index contributed by atoms with van der Waals surface area (Å²) >= 11 is 5.91. The van der Waals surface area contributed by atoms with Gasteiger partial charge < -0.3 is 10.8 Å². The van der Waals surface area contributed by atoms with Crippen molar-refractivity contribution >= 4 is 23.3 Å². The van der Waals surface area contributed by atoms with Crippen LogP contribution >= 0.6 is 11.6 Å². The lowest BCUT2D eigenvalue weighted by molar-refractivity contribution is 0.0691. The summed E-state index contributed by atoms with van der Waals surface area (Å²) in [6.45, 7) is 7.75. The van der Waals surface area contributed by atoms with Gasteiger partial charge in [-0.1, -0.05) is 55.3 Å². The zero-order valence-corrected chi connectivity index (χ0v) is 13.3. The Hall–Kier alpha value is -2.07. The Bertz CT molecular complexity index is 652. The van der Waals surface area contributed by atoms with E-state index in [9.17, 15) is 4.79 Å². The lowest BCUT2D eigenvalue weighted by Crippen LogP contribution is -2.07. The number of halogens is 1. The average molecular weight is 307 g/mol. The maximum absolute atomic E-state index is 11.1. The number of aromatic carboxylic acids is 1. The van der Waals surface area contributed by atoms with Gasteiger partial charge in [0.05, 0.1) is 16.4 Å². The Morgan fingerprint density at radius 2 is 1.71 bits per heavy atom. The van der Waals surface area contributed by atoms with Crippen LogP contribution in [0.1, 0.15) is 35.5 Å². The fourth-order valence-electron chi connectivity index (χ4n) is 1.80. The first kappa shape index (κ1) is 17.0. The van der Waals surface area contributed by atoms with E-state index < -0.39 is 5.97 Å². The summed E-state index contributed by atoms with van der Waals surface area (Å²) in [5.74, 6) is -1.19. The van der Waals surface area contributed by atoms with Crippen LogP contribution in [0.15, 0.2) is 24.3 Å². The molecule has 0 saturated heterocycles. The Morgan fingerprint density at radius 3 is 2.19 bits per heavy atom. The van der Waals surface area contributed by atoms with Gasteiger partial charge in [-0.15, -0.1) is 0 Å². The second-order valence-electron chi connectivity index (χ2n) is 4.33. The predicted molar refractivity (Wildman–Crippen MR) is 86.9 cm³/mol. The SMILES string of the molecule is CC.Cc1ccc(-c2nc(C(=O)O)c(Cl)c(N)c2C)cc1. The number of nitrogen functional groups attached to an aromatic ring is 1. The molecular formula is C16H19ClN2O2. The van der Waals surface area contributed by atoms with E-state index >= 15 is 0 Å². The topological polar surface area (TPSA) is 76.2 Å². The van der Waals surface area contributed by atoms with Crippen LogP contribution in [0.25, 0.3) is 11.3 Å². The van der Waals surface area contributed by atoms with Crippen LogP contribution in [0, 0.1) is 13.8 Å². The van der Waals surface area contributed by atoms with Crippen LogP contribution in [-0.2, 0) is 0 Å². The molecule has 0 atom stereocenters. The van der Waals surface area contributed by atoms with Gasteiger partial charge in [0.2, 0.25) is 0 Å². The molecule has 4 nitrogen and oxygen atoms in total. The van der Waals surface area contributed by atoms with E-state index in [1.165, 1.54) is 0 Å². The number of benzene rings is 1. The van der Waals surface area contributed by atoms with Crippen LogP contribution in [0.3, 0.4) is 0 Å². The molecule has 0 amide bonds. The molecule has 2 rings (SSSR count). The van der Waals surface area contributed by atoms with Crippen molar-refractivity contribution in [3.63, 3.8) is 0 Å². The minimum atomic E-state index is -1.19. The van der Waals surface area contributed by atoms with Crippen LogP contribution in [-0.4, -0.2) is 16.1 Å². The van der Waals surface area contributed by atoms with E-state index in [1.807, 2.05) is 45.0 Å². The van der Waals surface area contributed by atoms with Gasteiger partial charge in [-0.25, -0.2) is 9.78 Å². The molecule has 3 N–H and O–H groups in total. The number of carboxylic acids is 1. The number of aryl methyl sites for hydroxylation is 1. The Morgan fingerprint density at radius 1 is 1.19 bits per heavy atom. The summed E-state index contributed by atoms with van der Waals surface area (Å²) in [7, 11) is 0. The van der Waals surface area contributed by atoms with Gasteiger partial charge in [0.1, 0.15) is 0 Å². The van der Waals surface area contributed by atoms with E-state index in [2.05, 4.69) is 4.98 Å². The van der Waals surface area contributed by atoms with Gasteiger partial charge in [0, 0.05) is 5.56 Å². The summed E-state index contributed by atoms with van der Waals surface area (Å²) in [5, 5.41) is 9.08. The molecule has 1 aromatic carbocycles. The molecule has 0 bridgehead atoms. The second kappa shape index (κ2) is 7.09. The third-order valence-electron chi connectivity index (χ3n) is 2.95. The third kappa shape index (κ3) is 3.52. The molecule has 0 fully saturated rings. The number of hydrogen-bond acceptors (Lipinski definition) is 3. The van der Waals surface area contributed by atoms with Gasteiger partial charge in [-0.2, -0.15) is 0 Å². The van der Waals surface area contributed by atoms with E-state index in [4.69, 9.17) is 22.4 Å². The number of aromatic nitrogens is 1. The Kier molecular flexibility index (Phi) is 5.73. The molecule has 0 radical (unpaired) electrons. The van der Waals surface area contributed by atoms with E-state index in [1.54, 1.807) is 6.92 Å². The minimum absolute atomic E-state index is 0.0131. The smallest absolute Gasteiger partial charge is 0.356 e. The molecule has 0 unspecified atom stereocenters. The summed E-state index contributed by atoms with van der Waals surface area (Å²) < 4.78 is 0. The third-order valence-corrected chi connectivity index (χ3v) is 3.34. The van der Waals surface area contributed by atoms with Gasteiger partial charge in [-0.05, 0) is 19.4 Å². The normalized spacial score (nSPS) is 9.76. The Labute approximate surface area is 129 Å².